The molecule has 0 bridgehead atoms. The van der Waals surface area contributed by atoms with Crippen LogP contribution in [-0.2, 0) is 6.54 Å². The molecule has 0 aliphatic carbocycles. The standard InChI is InChI=1S/C16H26N4O3/c1-3-5-7-19(8-6-4-2)16(23)13-9-14-15(22)17-10-12(21)11-20(14)18-13/h9,12,21H,3-8,10-11H2,1-2H3,(H,17,22)/t12-/m0/s1. The van der Waals surface area contributed by atoms with Crippen molar-refractivity contribution in [3.63, 3.8) is 0 Å². The van der Waals surface area contributed by atoms with E-state index in [1.54, 1.807) is 0 Å². The maximum absolute atomic E-state index is 12.7. The van der Waals surface area contributed by atoms with Crippen molar-refractivity contribution in [2.75, 3.05) is 19.6 Å². The summed E-state index contributed by atoms with van der Waals surface area (Å²) in [5, 5.41) is 16.7. The average Bonchev–Trinajstić information content (AvgIpc) is 2.90. The zero-order chi connectivity index (χ0) is 16.8. The molecular formula is C16H26N4O3. The number of rotatable bonds is 7. The number of hydrogen-bond donors (Lipinski definition) is 2. The number of unbranched alkanes of at least 4 members (excludes halogenated alkanes) is 2. The number of β-amino-alcohol motifs (C(OH)–C–C–N with tert-alkyl or cyclic N) is 1. The Morgan fingerprint density at radius 2 is 2.04 bits per heavy atom. The van der Waals surface area contributed by atoms with E-state index in [9.17, 15) is 14.7 Å². The fraction of sp³-hybridized carbons (Fsp3) is 0.688. The fourth-order valence-corrected chi connectivity index (χ4v) is 2.58. The highest BCUT2D eigenvalue weighted by molar-refractivity contribution is 5.98. The molecule has 0 aromatic carbocycles. The van der Waals surface area contributed by atoms with Crippen LogP contribution in [0.15, 0.2) is 6.07 Å². The topological polar surface area (TPSA) is 87.5 Å². The van der Waals surface area contributed by atoms with Gasteiger partial charge in [0.15, 0.2) is 5.69 Å². The Kier molecular flexibility index (Phi) is 6.15. The molecule has 0 saturated heterocycles. The fourth-order valence-electron chi connectivity index (χ4n) is 2.58. The van der Waals surface area contributed by atoms with Crippen LogP contribution in [-0.4, -0.2) is 57.3 Å². The summed E-state index contributed by atoms with van der Waals surface area (Å²) in [6.07, 6.45) is 3.23. The minimum Gasteiger partial charge on any atom is -0.389 e. The predicted molar refractivity (Wildman–Crippen MR) is 86.3 cm³/mol. The number of nitrogens with one attached hydrogen (secondary N) is 1. The molecule has 1 aromatic rings. The summed E-state index contributed by atoms with van der Waals surface area (Å²) in [4.78, 5) is 26.5. The zero-order valence-electron chi connectivity index (χ0n) is 13.9. The summed E-state index contributed by atoms with van der Waals surface area (Å²) >= 11 is 0. The first kappa shape index (κ1) is 17.5. The number of amides is 2. The third kappa shape index (κ3) is 4.31. The summed E-state index contributed by atoms with van der Waals surface area (Å²) in [5.41, 5.74) is 0.604. The van der Waals surface area contributed by atoms with Crippen LogP contribution in [0.2, 0.25) is 0 Å². The smallest absolute Gasteiger partial charge is 0.274 e. The number of hydrogen-bond acceptors (Lipinski definition) is 4. The van der Waals surface area contributed by atoms with E-state index >= 15 is 0 Å². The van der Waals surface area contributed by atoms with Crippen LogP contribution < -0.4 is 5.32 Å². The molecule has 23 heavy (non-hydrogen) atoms. The summed E-state index contributed by atoms with van der Waals surface area (Å²) in [5.74, 6) is -0.448. The van der Waals surface area contributed by atoms with Gasteiger partial charge >= 0.3 is 0 Å². The molecule has 0 fully saturated rings. The number of nitrogens with zero attached hydrogens (tertiary/aromatic N) is 3. The van der Waals surface area contributed by atoms with E-state index in [2.05, 4.69) is 24.3 Å². The second kappa shape index (κ2) is 8.10. The molecule has 7 heteroatoms. The molecule has 7 nitrogen and oxygen atoms in total. The molecule has 1 aromatic heterocycles. The number of carbonyl (C=O) groups is 2. The van der Waals surface area contributed by atoms with E-state index in [-0.39, 0.29) is 30.6 Å². The van der Waals surface area contributed by atoms with E-state index < -0.39 is 6.10 Å². The van der Waals surface area contributed by atoms with Crippen molar-refractivity contribution in [3.05, 3.63) is 17.5 Å². The van der Waals surface area contributed by atoms with Gasteiger partial charge in [-0.3, -0.25) is 14.3 Å². The molecule has 2 heterocycles. The van der Waals surface area contributed by atoms with Gasteiger partial charge in [0.05, 0.1) is 12.6 Å². The number of aromatic nitrogens is 2. The lowest BCUT2D eigenvalue weighted by Crippen LogP contribution is -2.33. The summed E-state index contributed by atoms with van der Waals surface area (Å²) in [6.45, 7) is 5.99. The Labute approximate surface area is 136 Å². The number of aliphatic hydroxyl groups is 1. The molecule has 0 radical (unpaired) electrons. The first-order valence-corrected chi connectivity index (χ1v) is 8.40. The Bertz CT molecular complexity index is 548. The maximum Gasteiger partial charge on any atom is 0.274 e. The van der Waals surface area contributed by atoms with Gasteiger partial charge in [-0.1, -0.05) is 26.7 Å². The van der Waals surface area contributed by atoms with Gasteiger partial charge in [0, 0.05) is 25.7 Å². The largest absolute Gasteiger partial charge is 0.389 e. The average molecular weight is 322 g/mol. The van der Waals surface area contributed by atoms with Crippen LogP contribution in [0.5, 0.6) is 0 Å². The lowest BCUT2D eigenvalue weighted by molar-refractivity contribution is 0.0742. The maximum atomic E-state index is 12.7. The van der Waals surface area contributed by atoms with Gasteiger partial charge in [-0.2, -0.15) is 5.10 Å². The molecule has 1 atom stereocenters. The molecule has 128 valence electrons. The number of aliphatic hydroxyl groups excluding tert-OH is 1. The van der Waals surface area contributed by atoms with Crippen LogP contribution in [0.4, 0.5) is 0 Å². The summed E-state index contributed by atoms with van der Waals surface area (Å²) < 4.78 is 1.43. The van der Waals surface area contributed by atoms with Crippen molar-refractivity contribution in [1.29, 1.82) is 0 Å². The predicted octanol–water partition coefficient (Wildman–Crippen LogP) is 1.03. The van der Waals surface area contributed by atoms with E-state index in [1.807, 2.05) is 4.90 Å². The van der Waals surface area contributed by atoms with Crippen molar-refractivity contribution in [2.24, 2.45) is 0 Å². The lowest BCUT2D eigenvalue weighted by Gasteiger charge is -2.21. The van der Waals surface area contributed by atoms with Crippen molar-refractivity contribution in [2.45, 2.75) is 52.2 Å². The van der Waals surface area contributed by atoms with Crippen LogP contribution in [0.1, 0.15) is 60.5 Å². The Balaban J connectivity index is 2.19. The van der Waals surface area contributed by atoms with Gasteiger partial charge < -0.3 is 15.3 Å². The molecule has 2 amide bonds. The molecule has 2 N–H and O–H groups in total. The lowest BCUT2D eigenvalue weighted by atomic mass is 10.2. The van der Waals surface area contributed by atoms with Crippen LogP contribution in [0.25, 0.3) is 0 Å². The van der Waals surface area contributed by atoms with Crippen molar-refractivity contribution in [3.8, 4) is 0 Å². The van der Waals surface area contributed by atoms with Crippen molar-refractivity contribution >= 4 is 11.8 Å². The highest BCUT2D eigenvalue weighted by atomic mass is 16.3. The summed E-state index contributed by atoms with van der Waals surface area (Å²) in [7, 11) is 0. The zero-order valence-corrected chi connectivity index (χ0v) is 13.9. The Hall–Kier alpha value is -1.89. The Morgan fingerprint density at radius 3 is 2.65 bits per heavy atom. The van der Waals surface area contributed by atoms with Crippen molar-refractivity contribution < 1.29 is 14.7 Å². The second-order valence-corrected chi connectivity index (χ2v) is 5.96. The van der Waals surface area contributed by atoms with Gasteiger partial charge in [0.25, 0.3) is 11.8 Å². The minimum atomic E-state index is -0.695. The van der Waals surface area contributed by atoms with Gasteiger partial charge in [-0.15, -0.1) is 0 Å². The molecule has 0 saturated carbocycles. The van der Waals surface area contributed by atoms with Gasteiger partial charge in [0.1, 0.15) is 5.69 Å². The monoisotopic (exact) mass is 322 g/mol. The van der Waals surface area contributed by atoms with Crippen LogP contribution in [0.3, 0.4) is 0 Å². The van der Waals surface area contributed by atoms with E-state index in [0.29, 0.717) is 18.8 Å². The van der Waals surface area contributed by atoms with E-state index in [4.69, 9.17) is 0 Å². The quantitative estimate of drug-likeness (QED) is 0.785. The Morgan fingerprint density at radius 1 is 1.39 bits per heavy atom. The van der Waals surface area contributed by atoms with E-state index in [1.165, 1.54) is 10.7 Å². The molecule has 1 aliphatic rings. The highest BCUT2D eigenvalue weighted by Gasteiger charge is 2.26. The molecule has 1 aliphatic heterocycles. The molecular weight excluding hydrogens is 296 g/mol. The van der Waals surface area contributed by atoms with Gasteiger partial charge in [0.2, 0.25) is 0 Å². The number of carbonyl (C=O) groups excluding carboxylic acids is 2. The van der Waals surface area contributed by atoms with Gasteiger partial charge in [-0.05, 0) is 12.8 Å². The first-order chi connectivity index (χ1) is 11.1. The van der Waals surface area contributed by atoms with Crippen LogP contribution in [0, 0.1) is 0 Å². The normalized spacial score (nSPS) is 17.3. The minimum absolute atomic E-state index is 0.144. The molecule has 2 rings (SSSR count). The molecule has 0 spiro atoms. The SMILES string of the molecule is CCCCN(CCCC)C(=O)c1cc2n(n1)C[C@@H](O)CNC2=O. The highest BCUT2D eigenvalue weighted by Crippen LogP contribution is 2.12. The third-order valence-electron chi connectivity index (χ3n) is 3.96. The van der Waals surface area contributed by atoms with Crippen LogP contribution >= 0.6 is 0 Å². The third-order valence-corrected chi connectivity index (χ3v) is 3.96. The molecule has 0 unspecified atom stereocenters. The first-order valence-electron chi connectivity index (χ1n) is 8.40. The van der Waals surface area contributed by atoms with Gasteiger partial charge in [-0.25, -0.2) is 0 Å². The second-order valence-electron chi connectivity index (χ2n) is 5.96. The summed E-state index contributed by atoms with van der Waals surface area (Å²) in [6, 6.07) is 1.53. The number of fused-ring (bicyclic) bond motifs is 1. The van der Waals surface area contributed by atoms with E-state index in [0.717, 1.165) is 25.7 Å². The van der Waals surface area contributed by atoms with Crippen molar-refractivity contribution in [1.82, 2.24) is 20.0 Å².